The number of azide groups is 1. The van der Waals surface area contributed by atoms with Crippen molar-refractivity contribution in [3.63, 3.8) is 0 Å². The van der Waals surface area contributed by atoms with Crippen LogP contribution >= 0.6 is 0 Å². The molecule has 0 bridgehead atoms. The summed E-state index contributed by atoms with van der Waals surface area (Å²) in [5, 5.41) is 4.09. The second-order valence-corrected chi connectivity index (χ2v) is 4.84. The number of carbonyl (C=O) groups excluding carboxylic acids is 3. The van der Waals surface area contributed by atoms with E-state index in [4.69, 9.17) is 10.4 Å². The topological polar surface area (TPSA) is 112 Å². The molecule has 0 radical (unpaired) electrons. The first-order valence-corrected chi connectivity index (χ1v) is 7.16. The first kappa shape index (κ1) is 17.1. The van der Waals surface area contributed by atoms with Crippen molar-refractivity contribution in [3.05, 3.63) is 10.4 Å². The number of Topliss-reactive ketones (excluding diaryl/α,β-unsaturated/α-hetero) is 1. The van der Waals surface area contributed by atoms with Crippen LogP contribution in [-0.2, 0) is 19.2 Å². The molecule has 1 heterocycles. The Morgan fingerprint density at radius 1 is 1.38 bits per heavy atom. The summed E-state index contributed by atoms with van der Waals surface area (Å²) in [5.74, 6) is -0.976. The van der Waals surface area contributed by atoms with E-state index in [1.807, 2.05) is 6.92 Å². The smallest absolute Gasteiger partial charge is 0.254 e. The Labute approximate surface area is 123 Å². The second kappa shape index (κ2) is 9.10. The van der Waals surface area contributed by atoms with Crippen molar-refractivity contribution in [1.82, 2.24) is 5.06 Å². The normalized spacial score (nSPS) is 16.0. The molecule has 1 aliphatic rings. The van der Waals surface area contributed by atoms with Gasteiger partial charge in [-0.1, -0.05) is 24.9 Å². The zero-order chi connectivity index (χ0) is 15.7. The highest BCUT2D eigenvalue weighted by atomic mass is 16.7. The van der Waals surface area contributed by atoms with Crippen molar-refractivity contribution in [3.8, 4) is 0 Å². The van der Waals surface area contributed by atoms with Gasteiger partial charge in [-0.25, -0.2) is 0 Å². The molecule has 2 amide bonds. The van der Waals surface area contributed by atoms with Gasteiger partial charge in [-0.2, -0.15) is 5.06 Å². The highest BCUT2D eigenvalue weighted by Crippen LogP contribution is 2.18. The third-order valence-corrected chi connectivity index (χ3v) is 3.16. The minimum atomic E-state index is -0.790. The summed E-state index contributed by atoms with van der Waals surface area (Å²) in [4.78, 5) is 43.1. The van der Waals surface area contributed by atoms with Crippen LogP contribution in [0.3, 0.4) is 0 Å². The molecule has 0 saturated carbocycles. The maximum atomic E-state index is 12.1. The predicted molar refractivity (Wildman–Crippen MR) is 73.7 cm³/mol. The number of nitrogens with zero attached hydrogens (tertiary/aromatic N) is 4. The molecule has 0 N–H and O–H groups in total. The van der Waals surface area contributed by atoms with Crippen LogP contribution in [0.1, 0.15) is 51.9 Å². The SMILES string of the molecule is CCCCC(ON1C(=O)CCC1=O)C(=O)CCCN=[N+]=[N-]. The Morgan fingerprint density at radius 2 is 2.05 bits per heavy atom. The van der Waals surface area contributed by atoms with Gasteiger partial charge in [-0.15, -0.1) is 0 Å². The fourth-order valence-corrected chi connectivity index (χ4v) is 1.99. The van der Waals surface area contributed by atoms with Crippen LogP contribution in [0.25, 0.3) is 10.4 Å². The number of unbranched alkanes of at least 4 members (excludes halogenated alkanes) is 1. The van der Waals surface area contributed by atoms with Crippen molar-refractivity contribution in [1.29, 1.82) is 0 Å². The molecule has 1 atom stereocenters. The average Bonchev–Trinajstić information content (AvgIpc) is 2.79. The molecule has 0 spiro atoms. The number of imide groups is 1. The van der Waals surface area contributed by atoms with Crippen LogP contribution in [0.4, 0.5) is 0 Å². The minimum Gasteiger partial charge on any atom is -0.297 e. The van der Waals surface area contributed by atoms with E-state index >= 15 is 0 Å². The lowest BCUT2D eigenvalue weighted by molar-refractivity contribution is -0.203. The van der Waals surface area contributed by atoms with Gasteiger partial charge in [-0.05, 0) is 18.4 Å². The zero-order valence-corrected chi connectivity index (χ0v) is 12.2. The van der Waals surface area contributed by atoms with E-state index in [1.54, 1.807) is 0 Å². The van der Waals surface area contributed by atoms with E-state index in [9.17, 15) is 14.4 Å². The van der Waals surface area contributed by atoms with Crippen molar-refractivity contribution in [2.45, 2.75) is 58.0 Å². The molecule has 8 heteroatoms. The number of hydroxylamine groups is 2. The maximum Gasteiger partial charge on any atom is 0.254 e. The van der Waals surface area contributed by atoms with E-state index in [-0.39, 0.29) is 31.6 Å². The Balaban J connectivity index is 2.57. The maximum absolute atomic E-state index is 12.1. The summed E-state index contributed by atoms with van der Waals surface area (Å²) in [7, 11) is 0. The molecule has 0 aromatic rings. The van der Waals surface area contributed by atoms with Gasteiger partial charge in [0.15, 0.2) is 5.78 Å². The van der Waals surface area contributed by atoms with E-state index in [2.05, 4.69) is 10.0 Å². The lowest BCUT2D eigenvalue weighted by Gasteiger charge is -2.21. The van der Waals surface area contributed by atoms with Gasteiger partial charge < -0.3 is 0 Å². The zero-order valence-electron chi connectivity index (χ0n) is 12.2. The molecule has 1 unspecified atom stereocenters. The van der Waals surface area contributed by atoms with Crippen molar-refractivity contribution < 1.29 is 19.2 Å². The number of carbonyl (C=O) groups is 3. The molecule has 0 aromatic heterocycles. The number of hydrogen-bond acceptors (Lipinski definition) is 5. The van der Waals surface area contributed by atoms with Crippen LogP contribution < -0.4 is 0 Å². The van der Waals surface area contributed by atoms with E-state index in [0.717, 1.165) is 17.9 Å². The summed E-state index contributed by atoms with van der Waals surface area (Å²) in [6.07, 6.45) is 2.21. The molecule has 1 aliphatic heterocycles. The van der Waals surface area contributed by atoms with E-state index in [0.29, 0.717) is 12.8 Å². The molecule has 116 valence electrons. The Kier molecular flexibility index (Phi) is 7.42. The highest BCUT2D eigenvalue weighted by molar-refractivity contribution is 6.00. The minimum absolute atomic E-state index is 0.129. The fraction of sp³-hybridized carbons (Fsp3) is 0.769. The van der Waals surface area contributed by atoms with Gasteiger partial charge in [-0.3, -0.25) is 19.2 Å². The molecule has 1 saturated heterocycles. The summed E-state index contributed by atoms with van der Waals surface area (Å²) in [5.41, 5.74) is 8.17. The molecular formula is C13H20N4O4. The van der Waals surface area contributed by atoms with Gasteiger partial charge in [0.05, 0.1) is 0 Å². The van der Waals surface area contributed by atoms with Crippen molar-refractivity contribution in [2.75, 3.05) is 6.54 Å². The Morgan fingerprint density at radius 3 is 2.62 bits per heavy atom. The van der Waals surface area contributed by atoms with Crippen LogP contribution in [0.2, 0.25) is 0 Å². The lowest BCUT2D eigenvalue weighted by atomic mass is 10.0. The summed E-state index contributed by atoms with van der Waals surface area (Å²) in [6.45, 7) is 2.22. The second-order valence-electron chi connectivity index (χ2n) is 4.84. The summed E-state index contributed by atoms with van der Waals surface area (Å²) < 4.78 is 0. The first-order valence-electron chi connectivity index (χ1n) is 7.16. The largest absolute Gasteiger partial charge is 0.297 e. The number of amides is 2. The molecular weight excluding hydrogens is 276 g/mol. The Bertz CT molecular complexity index is 429. The molecule has 0 aromatic carbocycles. The predicted octanol–water partition coefficient (Wildman–Crippen LogP) is 2.29. The van der Waals surface area contributed by atoms with Gasteiger partial charge >= 0.3 is 0 Å². The highest BCUT2D eigenvalue weighted by Gasteiger charge is 2.34. The van der Waals surface area contributed by atoms with Crippen LogP contribution in [0, 0.1) is 0 Å². The molecule has 8 nitrogen and oxygen atoms in total. The Hall–Kier alpha value is -1.92. The van der Waals surface area contributed by atoms with Crippen LogP contribution in [0.15, 0.2) is 5.11 Å². The van der Waals surface area contributed by atoms with Gasteiger partial charge in [0.2, 0.25) is 0 Å². The average molecular weight is 296 g/mol. The molecule has 0 aliphatic carbocycles. The number of ketones is 1. The molecule has 1 fully saturated rings. The monoisotopic (exact) mass is 296 g/mol. The van der Waals surface area contributed by atoms with Crippen LogP contribution in [0.5, 0.6) is 0 Å². The molecule has 1 rings (SSSR count). The number of hydrogen-bond donors (Lipinski definition) is 0. The first-order chi connectivity index (χ1) is 10.1. The number of rotatable bonds is 10. The van der Waals surface area contributed by atoms with E-state index < -0.39 is 17.9 Å². The van der Waals surface area contributed by atoms with Crippen LogP contribution in [-0.4, -0.2) is 35.3 Å². The van der Waals surface area contributed by atoms with Gasteiger partial charge in [0.1, 0.15) is 6.10 Å². The summed E-state index contributed by atoms with van der Waals surface area (Å²) in [6, 6.07) is 0. The van der Waals surface area contributed by atoms with Gasteiger partial charge in [0, 0.05) is 30.7 Å². The third kappa shape index (κ3) is 5.53. The van der Waals surface area contributed by atoms with E-state index in [1.165, 1.54) is 0 Å². The molecule has 21 heavy (non-hydrogen) atoms. The third-order valence-electron chi connectivity index (χ3n) is 3.16. The van der Waals surface area contributed by atoms with Gasteiger partial charge in [0.25, 0.3) is 11.8 Å². The summed E-state index contributed by atoms with van der Waals surface area (Å²) >= 11 is 0. The van der Waals surface area contributed by atoms with Crippen molar-refractivity contribution >= 4 is 17.6 Å². The standard InChI is InChI=1S/C13H20N4O4/c1-2-3-6-11(10(18)5-4-9-15-16-14)21-17-12(19)7-8-13(17)20/h11H,2-9H2,1H3. The quantitative estimate of drug-likeness (QED) is 0.202. The van der Waals surface area contributed by atoms with Crippen molar-refractivity contribution in [2.24, 2.45) is 5.11 Å². The fourth-order valence-electron chi connectivity index (χ4n) is 1.99. The lowest BCUT2D eigenvalue weighted by Crippen LogP contribution is -2.37.